The van der Waals surface area contributed by atoms with Crippen LogP contribution in [0.1, 0.15) is 11.1 Å². The van der Waals surface area contributed by atoms with Crippen molar-refractivity contribution < 1.29 is 0 Å². The van der Waals surface area contributed by atoms with Crippen LogP contribution in [0.4, 0.5) is 5.82 Å². The molecule has 126 valence electrons. The van der Waals surface area contributed by atoms with Gasteiger partial charge in [-0.05, 0) is 36.2 Å². The minimum Gasteiger partial charge on any atom is -0.384 e. The number of hydrogen-bond donors (Lipinski definition) is 1. The van der Waals surface area contributed by atoms with Crippen LogP contribution in [0.25, 0.3) is 33.3 Å². The van der Waals surface area contributed by atoms with Crippen LogP contribution in [0.15, 0.2) is 54.7 Å². The van der Waals surface area contributed by atoms with Gasteiger partial charge >= 0.3 is 0 Å². The minimum atomic E-state index is 0.492. The number of rotatable bonds is 2. The molecule has 0 fully saturated rings. The Morgan fingerprint density at radius 1 is 1.08 bits per heavy atom. The molecule has 5 heteroatoms. The minimum absolute atomic E-state index is 0.492. The number of hydrogen-bond acceptors (Lipinski definition) is 4. The maximum atomic E-state index is 9.62. The third-order valence-corrected chi connectivity index (χ3v) is 4.60. The molecule has 2 heterocycles. The van der Waals surface area contributed by atoms with Crippen molar-refractivity contribution >= 4 is 16.7 Å². The van der Waals surface area contributed by atoms with Crippen molar-refractivity contribution in [2.45, 2.75) is 6.92 Å². The topological polar surface area (TPSA) is 80.5 Å². The van der Waals surface area contributed by atoms with Gasteiger partial charge in [-0.15, -0.1) is 0 Å². The number of nitrogens with zero attached hydrogens (tertiary/aromatic N) is 4. The van der Waals surface area contributed by atoms with Gasteiger partial charge in [0.2, 0.25) is 0 Å². The predicted octanol–water partition coefficient (Wildman–Crippen LogP) is 4.06. The molecule has 2 aromatic carbocycles. The molecule has 0 aliphatic carbocycles. The highest BCUT2D eigenvalue weighted by atomic mass is 15.3. The fraction of sp³-hybridized carbons (Fsp3) is 0.0952. The van der Waals surface area contributed by atoms with E-state index in [4.69, 9.17) is 5.73 Å². The molecular formula is C21H17N5. The molecule has 5 nitrogen and oxygen atoms in total. The van der Waals surface area contributed by atoms with Crippen molar-refractivity contribution in [1.29, 1.82) is 5.26 Å². The molecule has 2 N–H and O–H groups in total. The molecule has 0 bridgehead atoms. The van der Waals surface area contributed by atoms with E-state index in [0.717, 1.165) is 38.9 Å². The average Bonchev–Trinajstić information content (AvgIpc) is 3.02. The molecule has 0 saturated carbocycles. The molecule has 0 saturated heterocycles. The van der Waals surface area contributed by atoms with E-state index in [0.29, 0.717) is 11.4 Å². The first-order valence-corrected chi connectivity index (χ1v) is 8.27. The predicted molar refractivity (Wildman–Crippen MR) is 103 cm³/mol. The number of aromatic nitrogens is 3. The fourth-order valence-electron chi connectivity index (χ4n) is 3.28. The van der Waals surface area contributed by atoms with E-state index in [1.165, 1.54) is 0 Å². The van der Waals surface area contributed by atoms with Crippen molar-refractivity contribution in [3.8, 4) is 28.5 Å². The highest BCUT2D eigenvalue weighted by molar-refractivity contribution is 5.90. The van der Waals surface area contributed by atoms with Crippen LogP contribution in [0.3, 0.4) is 0 Å². The molecule has 0 unspecified atom stereocenters. The summed E-state index contributed by atoms with van der Waals surface area (Å²) in [7, 11) is 1.89. The van der Waals surface area contributed by atoms with Crippen molar-refractivity contribution in [2.24, 2.45) is 7.05 Å². The van der Waals surface area contributed by atoms with E-state index < -0.39 is 0 Å². The summed E-state index contributed by atoms with van der Waals surface area (Å²) in [4.78, 5) is 4.42. The largest absolute Gasteiger partial charge is 0.384 e. The van der Waals surface area contributed by atoms with Gasteiger partial charge in [-0.25, -0.2) is 4.98 Å². The highest BCUT2D eigenvalue weighted by Gasteiger charge is 2.17. The van der Waals surface area contributed by atoms with Gasteiger partial charge in [-0.3, -0.25) is 4.68 Å². The van der Waals surface area contributed by atoms with Crippen molar-refractivity contribution in [1.82, 2.24) is 14.8 Å². The molecule has 0 radical (unpaired) electrons. The Kier molecular flexibility index (Phi) is 3.67. The molecule has 4 rings (SSSR count). The van der Waals surface area contributed by atoms with Gasteiger partial charge < -0.3 is 5.73 Å². The second kappa shape index (κ2) is 6.01. The molecule has 0 aliphatic heterocycles. The number of nitriles is 1. The summed E-state index contributed by atoms with van der Waals surface area (Å²) in [5.41, 5.74) is 12.0. The maximum absolute atomic E-state index is 9.62. The zero-order valence-electron chi connectivity index (χ0n) is 14.6. The van der Waals surface area contributed by atoms with Gasteiger partial charge in [-0.2, -0.15) is 10.4 Å². The smallest absolute Gasteiger partial charge is 0.124 e. The Balaban J connectivity index is 1.96. The van der Waals surface area contributed by atoms with Gasteiger partial charge in [0, 0.05) is 23.6 Å². The second-order valence-corrected chi connectivity index (χ2v) is 6.28. The van der Waals surface area contributed by atoms with Crippen LogP contribution in [-0.2, 0) is 7.05 Å². The van der Waals surface area contributed by atoms with E-state index in [1.807, 2.05) is 67.3 Å². The molecule has 0 aliphatic rings. The number of nitrogens with two attached hydrogens (primary N) is 1. The lowest BCUT2D eigenvalue weighted by atomic mass is 9.95. The lowest BCUT2D eigenvalue weighted by molar-refractivity contribution is 0.775. The SMILES string of the molecule is Cc1cccc(-c2c(-c3ccc4ccc(N)nc4c3)cnn2C)c1C#N. The first-order valence-electron chi connectivity index (χ1n) is 8.27. The standard InChI is InChI=1S/C21H17N5/c1-13-4-3-5-16(17(13)11-22)21-18(12-24-26(21)2)15-7-6-14-8-9-20(23)25-19(14)10-15/h3-10,12H,1-2H3,(H2,23,25). The summed E-state index contributed by atoms with van der Waals surface area (Å²) < 4.78 is 1.81. The monoisotopic (exact) mass is 339 g/mol. The Hall–Kier alpha value is -3.65. The van der Waals surface area contributed by atoms with Gasteiger partial charge in [-0.1, -0.05) is 30.3 Å². The van der Waals surface area contributed by atoms with Crippen LogP contribution in [-0.4, -0.2) is 14.8 Å². The highest BCUT2D eigenvalue weighted by Crippen LogP contribution is 2.35. The summed E-state index contributed by atoms with van der Waals surface area (Å²) in [6.45, 7) is 1.95. The van der Waals surface area contributed by atoms with Crippen molar-refractivity contribution in [2.75, 3.05) is 5.73 Å². The maximum Gasteiger partial charge on any atom is 0.124 e. The molecule has 0 spiro atoms. The lowest BCUT2D eigenvalue weighted by Crippen LogP contribution is -1.98. The molecule has 0 amide bonds. The summed E-state index contributed by atoms with van der Waals surface area (Å²) in [6.07, 6.45) is 1.83. The normalized spacial score (nSPS) is 10.8. The van der Waals surface area contributed by atoms with Gasteiger partial charge in [0.1, 0.15) is 11.9 Å². The Morgan fingerprint density at radius 3 is 2.69 bits per heavy atom. The van der Waals surface area contributed by atoms with E-state index in [-0.39, 0.29) is 0 Å². The van der Waals surface area contributed by atoms with Crippen molar-refractivity contribution in [3.05, 3.63) is 65.9 Å². The molecule has 4 aromatic rings. The fourth-order valence-corrected chi connectivity index (χ4v) is 3.28. The number of anilines is 1. The zero-order valence-corrected chi connectivity index (χ0v) is 14.6. The first-order chi connectivity index (χ1) is 12.6. The summed E-state index contributed by atoms with van der Waals surface area (Å²) in [5.74, 6) is 0.492. The Labute approximate surface area is 151 Å². The number of pyridine rings is 1. The summed E-state index contributed by atoms with van der Waals surface area (Å²) >= 11 is 0. The van der Waals surface area contributed by atoms with Gasteiger partial charge in [0.25, 0.3) is 0 Å². The van der Waals surface area contributed by atoms with Crippen LogP contribution >= 0.6 is 0 Å². The Bertz CT molecular complexity index is 1180. The molecule has 26 heavy (non-hydrogen) atoms. The number of nitrogen functional groups attached to an aromatic ring is 1. The second-order valence-electron chi connectivity index (χ2n) is 6.28. The van der Waals surface area contributed by atoms with Crippen molar-refractivity contribution in [3.63, 3.8) is 0 Å². The molecule has 0 atom stereocenters. The average molecular weight is 339 g/mol. The van der Waals surface area contributed by atoms with E-state index in [1.54, 1.807) is 6.07 Å². The zero-order chi connectivity index (χ0) is 18.3. The van der Waals surface area contributed by atoms with Crippen LogP contribution in [0.2, 0.25) is 0 Å². The summed E-state index contributed by atoms with van der Waals surface area (Å²) in [6, 6.07) is 18.0. The number of aryl methyl sites for hydroxylation is 2. The molecular weight excluding hydrogens is 322 g/mol. The van der Waals surface area contributed by atoms with E-state index >= 15 is 0 Å². The quantitative estimate of drug-likeness (QED) is 0.597. The lowest BCUT2D eigenvalue weighted by Gasteiger charge is -2.11. The van der Waals surface area contributed by atoms with Gasteiger partial charge in [0.15, 0.2) is 0 Å². The van der Waals surface area contributed by atoms with Crippen LogP contribution in [0.5, 0.6) is 0 Å². The van der Waals surface area contributed by atoms with Crippen LogP contribution in [0, 0.1) is 18.3 Å². The number of fused-ring (bicyclic) bond motifs is 1. The number of benzene rings is 2. The summed E-state index contributed by atoms with van der Waals surface area (Å²) in [5, 5.41) is 15.1. The van der Waals surface area contributed by atoms with E-state index in [2.05, 4.69) is 16.2 Å². The Morgan fingerprint density at radius 2 is 1.88 bits per heavy atom. The third-order valence-electron chi connectivity index (χ3n) is 4.60. The van der Waals surface area contributed by atoms with Crippen LogP contribution < -0.4 is 5.73 Å². The first kappa shape index (κ1) is 15.9. The van der Waals surface area contributed by atoms with Gasteiger partial charge in [0.05, 0.1) is 23.0 Å². The van der Waals surface area contributed by atoms with E-state index in [9.17, 15) is 5.26 Å². The third kappa shape index (κ3) is 2.49. The molecule has 2 aromatic heterocycles.